The van der Waals surface area contributed by atoms with Crippen LogP contribution in [0.25, 0.3) is 4.96 Å². The van der Waals surface area contributed by atoms with E-state index in [0.717, 1.165) is 16.5 Å². The van der Waals surface area contributed by atoms with Gasteiger partial charge in [0, 0.05) is 24.7 Å². The Bertz CT molecular complexity index is 591. The van der Waals surface area contributed by atoms with Crippen molar-refractivity contribution in [1.82, 2.24) is 9.38 Å². The molecule has 0 aromatic carbocycles. The number of hydrogen-bond acceptors (Lipinski definition) is 3. The van der Waals surface area contributed by atoms with Crippen LogP contribution in [0.4, 0.5) is 5.82 Å². The average Bonchev–Trinajstić information content (AvgIpc) is 2.97. The minimum Gasteiger partial charge on any atom is -0.355 e. The largest absolute Gasteiger partial charge is 0.355 e. The zero-order chi connectivity index (χ0) is 14.3. The molecule has 0 N–H and O–H groups in total. The smallest absolute Gasteiger partial charge is 0.195 e. The lowest BCUT2D eigenvalue weighted by atomic mass is 9.75. The Morgan fingerprint density at radius 3 is 2.80 bits per heavy atom. The van der Waals surface area contributed by atoms with E-state index in [1.807, 2.05) is 0 Å². The molecule has 1 saturated carbocycles. The minimum atomic E-state index is 0.501. The first kappa shape index (κ1) is 14.2. The molecule has 1 aliphatic rings. The summed E-state index contributed by atoms with van der Waals surface area (Å²) in [5.74, 6) is 1.58. The number of aromatic nitrogens is 2. The van der Waals surface area contributed by atoms with E-state index < -0.39 is 0 Å². The zero-order valence-corrected chi connectivity index (χ0v) is 14.0. The summed E-state index contributed by atoms with van der Waals surface area (Å²) in [7, 11) is 2.17. The Morgan fingerprint density at radius 1 is 1.45 bits per heavy atom. The van der Waals surface area contributed by atoms with Crippen LogP contribution in [0.3, 0.4) is 0 Å². The number of imidazole rings is 1. The van der Waals surface area contributed by atoms with E-state index in [1.165, 1.54) is 25.7 Å². The highest BCUT2D eigenvalue weighted by molar-refractivity contribution is 7.15. The molecule has 1 fully saturated rings. The number of thiazole rings is 1. The molecule has 0 spiro atoms. The van der Waals surface area contributed by atoms with E-state index in [-0.39, 0.29) is 0 Å². The third-order valence-electron chi connectivity index (χ3n) is 4.66. The topological polar surface area (TPSA) is 20.5 Å². The van der Waals surface area contributed by atoms with Crippen LogP contribution in [0.2, 0.25) is 0 Å². The first-order valence-corrected chi connectivity index (χ1v) is 8.66. The number of hydrogen-bond donors (Lipinski definition) is 0. The molecule has 0 bridgehead atoms. The SMILES string of the molecule is CN(c1nc2sccn2c1CCl)C1CCC(C)(C)CC1. The summed E-state index contributed by atoms with van der Waals surface area (Å²) in [5.41, 5.74) is 1.62. The van der Waals surface area contributed by atoms with Gasteiger partial charge in [-0.1, -0.05) is 13.8 Å². The third kappa shape index (κ3) is 2.44. The summed E-state index contributed by atoms with van der Waals surface area (Å²) in [4.78, 5) is 8.17. The lowest BCUT2D eigenvalue weighted by molar-refractivity contribution is 0.222. The van der Waals surface area contributed by atoms with Gasteiger partial charge in [0.05, 0.1) is 11.6 Å². The average molecular weight is 312 g/mol. The van der Waals surface area contributed by atoms with E-state index in [1.54, 1.807) is 11.3 Å². The highest BCUT2D eigenvalue weighted by Crippen LogP contribution is 2.38. The van der Waals surface area contributed by atoms with E-state index in [9.17, 15) is 0 Å². The Kier molecular flexibility index (Phi) is 3.71. The monoisotopic (exact) mass is 311 g/mol. The van der Waals surface area contributed by atoms with Crippen molar-refractivity contribution in [2.45, 2.75) is 51.5 Å². The number of nitrogens with zero attached hydrogens (tertiary/aromatic N) is 3. The van der Waals surface area contributed by atoms with Gasteiger partial charge < -0.3 is 4.90 Å². The third-order valence-corrected chi connectivity index (χ3v) is 5.67. The van der Waals surface area contributed by atoms with Crippen molar-refractivity contribution in [3.8, 4) is 0 Å². The summed E-state index contributed by atoms with van der Waals surface area (Å²) in [6, 6.07) is 0.592. The van der Waals surface area contributed by atoms with Gasteiger partial charge >= 0.3 is 0 Å². The van der Waals surface area contributed by atoms with Crippen molar-refractivity contribution < 1.29 is 0 Å². The molecule has 0 atom stereocenters. The second-order valence-electron chi connectivity index (χ2n) is 6.58. The van der Waals surface area contributed by atoms with Gasteiger partial charge in [0.15, 0.2) is 10.8 Å². The number of fused-ring (bicyclic) bond motifs is 1. The molecule has 3 rings (SSSR count). The normalized spacial score (nSPS) is 19.6. The van der Waals surface area contributed by atoms with Crippen molar-refractivity contribution in [3.05, 3.63) is 17.3 Å². The molecule has 0 saturated heterocycles. The van der Waals surface area contributed by atoms with Gasteiger partial charge in [-0.25, -0.2) is 4.98 Å². The predicted octanol–water partition coefficient (Wildman–Crippen LogP) is 4.54. The van der Waals surface area contributed by atoms with Crippen molar-refractivity contribution in [2.75, 3.05) is 11.9 Å². The molecule has 0 radical (unpaired) electrons. The maximum absolute atomic E-state index is 6.15. The number of rotatable bonds is 3. The Morgan fingerprint density at radius 2 is 2.15 bits per heavy atom. The van der Waals surface area contributed by atoms with Crippen LogP contribution in [0.1, 0.15) is 45.2 Å². The van der Waals surface area contributed by atoms with Gasteiger partial charge in [0.2, 0.25) is 0 Å². The molecule has 2 aromatic rings. The second-order valence-corrected chi connectivity index (χ2v) is 7.72. The first-order valence-electron chi connectivity index (χ1n) is 7.25. The molecule has 20 heavy (non-hydrogen) atoms. The molecule has 1 aliphatic carbocycles. The van der Waals surface area contributed by atoms with Crippen LogP contribution >= 0.6 is 22.9 Å². The van der Waals surface area contributed by atoms with Crippen LogP contribution < -0.4 is 4.90 Å². The van der Waals surface area contributed by atoms with E-state index in [2.05, 4.69) is 41.8 Å². The molecule has 2 aromatic heterocycles. The van der Waals surface area contributed by atoms with E-state index in [4.69, 9.17) is 16.6 Å². The summed E-state index contributed by atoms with van der Waals surface area (Å²) in [6.07, 6.45) is 7.14. The van der Waals surface area contributed by atoms with Crippen LogP contribution in [0.5, 0.6) is 0 Å². The fourth-order valence-corrected chi connectivity index (χ4v) is 4.15. The molecule has 2 heterocycles. The van der Waals surface area contributed by atoms with Crippen molar-refractivity contribution in [2.24, 2.45) is 5.41 Å². The quantitative estimate of drug-likeness (QED) is 0.776. The number of alkyl halides is 1. The molecule has 0 unspecified atom stereocenters. The summed E-state index contributed by atoms with van der Waals surface area (Å²) < 4.78 is 2.12. The van der Waals surface area contributed by atoms with Gasteiger partial charge in [-0.3, -0.25) is 4.40 Å². The van der Waals surface area contributed by atoms with Crippen molar-refractivity contribution in [3.63, 3.8) is 0 Å². The Labute approximate surface area is 129 Å². The second kappa shape index (κ2) is 5.23. The first-order chi connectivity index (χ1) is 9.52. The van der Waals surface area contributed by atoms with Crippen molar-refractivity contribution >= 4 is 33.7 Å². The molecule has 5 heteroatoms. The van der Waals surface area contributed by atoms with Crippen LogP contribution in [0.15, 0.2) is 11.6 Å². The van der Waals surface area contributed by atoms with Gasteiger partial charge in [-0.2, -0.15) is 0 Å². The maximum atomic E-state index is 6.15. The van der Waals surface area contributed by atoms with E-state index in [0.29, 0.717) is 17.3 Å². The van der Waals surface area contributed by atoms with Gasteiger partial charge in [-0.05, 0) is 31.1 Å². The molecular weight excluding hydrogens is 290 g/mol. The number of halogens is 1. The van der Waals surface area contributed by atoms with Crippen molar-refractivity contribution in [1.29, 1.82) is 0 Å². The van der Waals surface area contributed by atoms with Gasteiger partial charge in [-0.15, -0.1) is 22.9 Å². The van der Waals surface area contributed by atoms with Crippen LogP contribution in [-0.4, -0.2) is 22.5 Å². The highest BCUT2D eigenvalue weighted by atomic mass is 35.5. The fourth-order valence-electron chi connectivity index (χ4n) is 3.17. The summed E-state index contributed by atoms with van der Waals surface area (Å²) >= 11 is 7.82. The maximum Gasteiger partial charge on any atom is 0.195 e. The van der Waals surface area contributed by atoms with E-state index >= 15 is 0 Å². The standard InChI is InChI=1S/C15H22ClN3S/c1-15(2)6-4-11(5-7-15)18(3)13-12(10-16)19-8-9-20-14(19)17-13/h8-9,11H,4-7,10H2,1-3H3. The van der Waals surface area contributed by atoms with Gasteiger partial charge in [0.25, 0.3) is 0 Å². The lowest BCUT2D eigenvalue weighted by Crippen LogP contribution is -2.37. The predicted molar refractivity (Wildman–Crippen MR) is 87.1 cm³/mol. The summed E-state index contributed by atoms with van der Waals surface area (Å²) in [6.45, 7) is 4.75. The molecular formula is C15H22ClN3S. The van der Waals surface area contributed by atoms with Gasteiger partial charge in [0.1, 0.15) is 0 Å². The summed E-state index contributed by atoms with van der Waals surface area (Å²) in [5, 5.41) is 2.06. The van der Waals surface area contributed by atoms with Crippen LogP contribution in [-0.2, 0) is 5.88 Å². The molecule has 3 nitrogen and oxygen atoms in total. The Hall–Kier alpha value is -0.740. The molecule has 0 aliphatic heterocycles. The zero-order valence-electron chi connectivity index (χ0n) is 12.4. The molecule has 110 valence electrons. The fraction of sp³-hybridized carbons (Fsp3) is 0.667. The lowest BCUT2D eigenvalue weighted by Gasteiger charge is -2.39. The number of anilines is 1. The Balaban J connectivity index is 1.85. The minimum absolute atomic E-state index is 0.501. The van der Waals surface area contributed by atoms with Crippen LogP contribution in [0, 0.1) is 5.41 Å². The highest BCUT2D eigenvalue weighted by Gasteiger charge is 2.30. The molecule has 0 amide bonds.